The zero-order valence-corrected chi connectivity index (χ0v) is 10.9. The maximum atomic E-state index is 4.36. The smallest absolute Gasteiger partial charge is 0.00855 e. The molecule has 0 heteroatoms. The fourth-order valence-corrected chi connectivity index (χ4v) is 4.15. The molecule has 2 rings (SSSR count). The number of fused-ring (bicyclic) bond motifs is 1. The van der Waals surface area contributed by atoms with Gasteiger partial charge < -0.3 is 0 Å². The summed E-state index contributed by atoms with van der Waals surface area (Å²) in [7, 11) is 0. The topological polar surface area (TPSA) is 0 Å². The van der Waals surface area contributed by atoms with Crippen LogP contribution in [0.15, 0.2) is 12.2 Å². The van der Waals surface area contributed by atoms with Crippen molar-refractivity contribution < 1.29 is 0 Å². The minimum Gasteiger partial charge on any atom is -0.0993 e. The zero-order chi connectivity index (χ0) is 11.3. The molecule has 0 saturated heterocycles. The van der Waals surface area contributed by atoms with Crippen molar-refractivity contribution in [3.63, 3.8) is 0 Å². The molecule has 86 valence electrons. The van der Waals surface area contributed by atoms with Crippen LogP contribution in [0.1, 0.15) is 59.8 Å². The maximum Gasteiger partial charge on any atom is -0.00855 e. The van der Waals surface area contributed by atoms with Gasteiger partial charge in [0.1, 0.15) is 0 Å². The molecule has 15 heavy (non-hydrogen) atoms. The Morgan fingerprint density at radius 1 is 1.20 bits per heavy atom. The van der Waals surface area contributed by atoms with Crippen molar-refractivity contribution in [2.24, 2.45) is 22.7 Å². The third kappa shape index (κ3) is 1.48. The van der Waals surface area contributed by atoms with E-state index in [1.54, 1.807) is 5.57 Å². The largest absolute Gasteiger partial charge is 0.0993 e. The van der Waals surface area contributed by atoms with Crippen molar-refractivity contribution >= 4 is 0 Å². The molecule has 0 radical (unpaired) electrons. The molecule has 0 nitrogen and oxygen atoms in total. The zero-order valence-electron chi connectivity index (χ0n) is 10.9. The van der Waals surface area contributed by atoms with Crippen LogP contribution in [0, 0.1) is 22.7 Å². The monoisotopic (exact) mass is 206 g/mol. The first-order valence-electron chi connectivity index (χ1n) is 6.57. The van der Waals surface area contributed by atoms with Gasteiger partial charge in [0.2, 0.25) is 0 Å². The maximum absolute atomic E-state index is 4.36. The molecular formula is C15H26. The van der Waals surface area contributed by atoms with E-state index in [4.69, 9.17) is 0 Å². The fourth-order valence-electron chi connectivity index (χ4n) is 4.15. The summed E-state index contributed by atoms with van der Waals surface area (Å²) in [6, 6.07) is 0. The molecule has 2 fully saturated rings. The average molecular weight is 206 g/mol. The van der Waals surface area contributed by atoms with E-state index in [1.807, 2.05) is 0 Å². The highest BCUT2D eigenvalue weighted by atomic mass is 14.6. The normalized spacial score (nSPS) is 44.9. The highest BCUT2D eigenvalue weighted by Gasteiger charge is 2.51. The van der Waals surface area contributed by atoms with Crippen LogP contribution in [0.2, 0.25) is 0 Å². The number of hydrogen-bond acceptors (Lipinski definition) is 0. The molecule has 2 saturated carbocycles. The van der Waals surface area contributed by atoms with Crippen LogP contribution in [0.4, 0.5) is 0 Å². The van der Waals surface area contributed by atoms with Gasteiger partial charge in [0.25, 0.3) is 0 Å². The van der Waals surface area contributed by atoms with Gasteiger partial charge in [-0.15, -0.1) is 0 Å². The molecule has 3 atom stereocenters. The molecule has 0 heterocycles. The van der Waals surface area contributed by atoms with E-state index in [9.17, 15) is 0 Å². The van der Waals surface area contributed by atoms with Gasteiger partial charge in [-0.2, -0.15) is 0 Å². The van der Waals surface area contributed by atoms with Crippen molar-refractivity contribution in [2.45, 2.75) is 59.8 Å². The second-order valence-electron chi connectivity index (χ2n) is 6.73. The Morgan fingerprint density at radius 2 is 1.87 bits per heavy atom. The van der Waals surface area contributed by atoms with Crippen molar-refractivity contribution in [2.75, 3.05) is 0 Å². The molecule has 0 bridgehead atoms. The molecule has 0 N–H and O–H groups in total. The van der Waals surface area contributed by atoms with Crippen LogP contribution >= 0.6 is 0 Å². The second-order valence-corrected chi connectivity index (χ2v) is 6.73. The van der Waals surface area contributed by atoms with E-state index < -0.39 is 0 Å². The lowest BCUT2D eigenvalue weighted by Crippen LogP contribution is -2.48. The second kappa shape index (κ2) is 3.37. The first-order valence-corrected chi connectivity index (χ1v) is 6.57. The lowest BCUT2D eigenvalue weighted by Gasteiger charge is -2.57. The van der Waals surface area contributed by atoms with E-state index in [1.165, 1.54) is 32.1 Å². The van der Waals surface area contributed by atoms with Crippen LogP contribution in [0.5, 0.6) is 0 Å². The van der Waals surface area contributed by atoms with Gasteiger partial charge in [0.05, 0.1) is 0 Å². The number of allylic oxidation sites excluding steroid dienone is 1. The number of rotatable bonds is 0. The lowest BCUT2D eigenvalue weighted by atomic mass is 9.48. The molecule has 0 aromatic carbocycles. The summed E-state index contributed by atoms with van der Waals surface area (Å²) in [5, 5.41) is 0. The van der Waals surface area contributed by atoms with Crippen LogP contribution in [-0.2, 0) is 0 Å². The standard InChI is InChI=1S/C15H26/c1-11-9-10-15(5)12(2)7-6-8-13(15)14(11,3)4/h11,13H,2,6-10H2,1,3-5H3. The van der Waals surface area contributed by atoms with Gasteiger partial charge in [-0.3, -0.25) is 0 Å². The third-order valence-electron chi connectivity index (χ3n) is 5.81. The molecule has 2 aliphatic rings. The van der Waals surface area contributed by atoms with Gasteiger partial charge in [-0.25, -0.2) is 0 Å². The summed E-state index contributed by atoms with van der Waals surface area (Å²) in [5.41, 5.74) is 2.50. The van der Waals surface area contributed by atoms with E-state index in [0.29, 0.717) is 10.8 Å². The van der Waals surface area contributed by atoms with E-state index in [-0.39, 0.29) is 0 Å². The molecule has 0 aliphatic heterocycles. The van der Waals surface area contributed by atoms with E-state index in [2.05, 4.69) is 34.3 Å². The van der Waals surface area contributed by atoms with E-state index in [0.717, 1.165) is 11.8 Å². The first-order chi connectivity index (χ1) is 6.89. The summed E-state index contributed by atoms with van der Waals surface area (Å²) < 4.78 is 0. The Balaban J connectivity index is 2.35. The highest BCUT2D eigenvalue weighted by molar-refractivity contribution is 5.18. The lowest BCUT2D eigenvalue weighted by molar-refractivity contribution is -0.0362. The third-order valence-corrected chi connectivity index (χ3v) is 5.81. The molecule has 3 unspecified atom stereocenters. The van der Waals surface area contributed by atoms with Crippen LogP contribution in [-0.4, -0.2) is 0 Å². The Labute approximate surface area is 95.1 Å². The molecule has 2 aliphatic carbocycles. The van der Waals surface area contributed by atoms with Gasteiger partial charge >= 0.3 is 0 Å². The Bertz CT molecular complexity index is 274. The van der Waals surface area contributed by atoms with Gasteiger partial charge in [-0.1, -0.05) is 39.8 Å². The molecule has 0 aromatic heterocycles. The van der Waals surface area contributed by atoms with Gasteiger partial charge in [0.15, 0.2) is 0 Å². The molecule has 0 spiro atoms. The Kier molecular flexibility index (Phi) is 2.52. The minimum atomic E-state index is 0.453. The minimum absolute atomic E-state index is 0.453. The predicted molar refractivity (Wildman–Crippen MR) is 66.8 cm³/mol. The first kappa shape index (κ1) is 11.2. The van der Waals surface area contributed by atoms with Gasteiger partial charge in [-0.05, 0) is 54.8 Å². The van der Waals surface area contributed by atoms with Gasteiger partial charge in [0, 0.05) is 0 Å². The van der Waals surface area contributed by atoms with E-state index >= 15 is 0 Å². The van der Waals surface area contributed by atoms with Crippen molar-refractivity contribution in [1.29, 1.82) is 0 Å². The van der Waals surface area contributed by atoms with Crippen LogP contribution in [0.3, 0.4) is 0 Å². The quantitative estimate of drug-likeness (QED) is 0.499. The van der Waals surface area contributed by atoms with Crippen LogP contribution in [0.25, 0.3) is 0 Å². The summed E-state index contributed by atoms with van der Waals surface area (Å²) in [5.74, 6) is 1.75. The summed E-state index contributed by atoms with van der Waals surface area (Å²) in [6.07, 6.45) is 6.83. The fraction of sp³-hybridized carbons (Fsp3) is 0.867. The van der Waals surface area contributed by atoms with Crippen molar-refractivity contribution in [3.8, 4) is 0 Å². The van der Waals surface area contributed by atoms with Crippen LogP contribution < -0.4 is 0 Å². The summed E-state index contributed by atoms with van der Waals surface area (Å²) in [6.45, 7) is 14.3. The summed E-state index contributed by atoms with van der Waals surface area (Å²) >= 11 is 0. The summed E-state index contributed by atoms with van der Waals surface area (Å²) in [4.78, 5) is 0. The molecule has 0 amide bonds. The molecule has 0 aromatic rings. The van der Waals surface area contributed by atoms with Crippen molar-refractivity contribution in [1.82, 2.24) is 0 Å². The van der Waals surface area contributed by atoms with Crippen molar-refractivity contribution in [3.05, 3.63) is 12.2 Å². The predicted octanol–water partition coefficient (Wildman–Crippen LogP) is 4.81. The Morgan fingerprint density at radius 3 is 2.53 bits per heavy atom. The molecular weight excluding hydrogens is 180 g/mol. The highest BCUT2D eigenvalue weighted by Crippen LogP contribution is 2.60. The average Bonchev–Trinajstić information content (AvgIpc) is 2.16. The Hall–Kier alpha value is -0.260. The number of hydrogen-bond donors (Lipinski definition) is 0. The SMILES string of the molecule is C=C1CCCC2C1(C)CCC(C)C2(C)C.